The average molecular weight is 418 g/mol. The quantitative estimate of drug-likeness (QED) is 0.585. The fourth-order valence-corrected chi connectivity index (χ4v) is 3.70. The van der Waals surface area contributed by atoms with E-state index in [4.69, 9.17) is 9.26 Å². The van der Waals surface area contributed by atoms with Crippen LogP contribution in [0.3, 0.4) is 0 Å². The number of amides is 2. The number of anilines is 1. The number of nitrogens with zero attached hydrogens (tertiary/aromatic N) is 6. The van der Waals surface area contributed by atoms with Gasteiger partial charge in [0.15, 0.2) is 12.1 Å². The van der Waals surface area contributed by atoms with E-state index >= 15 is 0 Å². The van der Waals surface area contributed by atoms with Crippen LogP contribution < -0.4 is 9.64 Å². The summed E-state index contributed by atoms with van der Waals surface area (Å²) in [5.74, 6) is 0.533. The van der Waals surface area contributed by atoms with Crippen molar-refractivity contribution < 1.29 is 18.8 Å². The topological polar surface area (TPSA) is 113 Å². The van der Waals surface area contributed by atoms with Gasteiger partial charge < -0.3 is 9.26 Å². The van der Waals surface area contributed by atoms with Crippen LogP contribution in [0.1, 0.15) is 11.5 Å². The van der Waals surface area contributed by atoms with E-state index in [0.29, 0.717) is 17.3 Å². The molecule has 10 nitrogen and oxygen atoms in total. The van der Waals surface area contributed by atoms with Crippen LogP contribution in [0.4, 0.5) is 5.69 Å². The van der Waals surface area contributed by atoms with Crippen molar-refractivity contribution in [2.24, 2.45) is 10.3 Å². The van der Waals surface area contributed by atoms with E-state index in [-0.39, 0.29) is 12.4 Å². The molecular weight excluding hydrogens is 400 g/mol. The number of aromatic nitrogens is 2. The van der Waals surface area contributed by atoms with Crippen LogP contribution in [0, 0.1) is 6.92 Å². The molecule has 3 aromatic rings. The molecule has 0 spiro atoms. The normalized spacial score (nSPS) is 19.9. The van der Waals surface area contributed by atoms with Gasteiger partial charge in [0.05, 0.1) is 12.8 Å². The standard InChI is InChI=1S/C21H18N6O4/c1-12-4-3-5-13(10-12)19-22-16(31-24-19)11-26-18-17(23-25-26)20(28)27(21(18)29)14-6-8-15(30-2)9-7-14/h3-10,17-18H,11H2,1-2H3/t17-,18+/m1/s1. The van der Waals surface area contributed by atoms with E-state index in [0.717, 1.165) is 16.0 Å². The van der Waals surface area contributed by atoms with Crippen LogP contribution in [0.2, 0.25) is 0 Å². The molecule has 2 aromatic carbocycles. The predicted octanol–water partition coefficient (Wildman–Crippen LogP) is 2.55. The van der Waals surface area contributed by atoms with Crippen molar-refractivity contribution in [3.8, 4) is 17.1 Å². The van der Waals surface area contributed by atoms with E-state index in [1.807, 2.05) is 31.2 Å². The molecule has 1 saturated heterocycles. The molecule has 31 heavy (non-hydrogen) atoms. The number of carbonyl (C=O) groups excluding carboxylic acids is 2. The summed E-state index contributed by atoms with van der Waals surface area (Å²) in [5.41, 5.74) is 2.36. The number of ether oxygens (including phenoxy) is 1. The highest BCUT2D eigenvalue weighted by atomic mass is 16.5. The minimum atomic E-state index is -0.895. The molecule has 0 saturated carbocycles. The minimum absolute atomic E-state index is 0.0684. The molecule has 0 bridgehead atoms. The Labute approximate surface area is 177 Å². The fourth-order valence-electron chi connectivity index (χ4n) is 3.70. The number of methoxy groups -OCH3 is 1. The second kappa shape index (κ2) is 7.31. The number of fused-ring (bicyclic) bond motifs is 1. The van der Waals surface area contributed by atoms with Gasteiger partial charge in [-0.25, -0.2) is 4.90 Å². The van der Waals surface area contributed by atoms with Gasteiger partial charge in [-0.15, -0.1) is 0 Å². The Morgan fingerprint density at radius 3 is 2.65 bits per heavy atom. The zero-order valence-corrected chi connectivity index (χ0v) is 16.8. The summed E-state index contributed by atoms with van der Waals surface area (Å²) in [6, 6.07) is 12.7. The monoisotopic (exact) mass is 418 g/mol. The first-order valence-electron chi connectivity index (χ1n) is 9.64. The molecule has 0 radical (unpaired) electrons. The molecule has 156 valence electrons. The number of rotatable bonds is 5. The number of imide groups is 1. The minimum Gasteiger partial charge on any atom is -0.497 e. The highest BCUT2D eigenvalue weighted by molar-refractivity contribution is 6.25. The van der Waals surface area contributed by atoms with E-state index in [9.17, 15) is 9.59 Å². The molecule has 3 heterocycles. The third-order valence-corrected chi connectivity index (χ3v) is 5.23. The van der Waals surface area contributed by atoms with Gasteiger partial charge in [0.1, 0.15) is 12.3 Å². The number of benzene rings is 2. The summed E-state index contributed by atoms with van der Waals surface area (Å²) < 4.78 is 10.5. The van der Waals surface area contributed by atoms with Crippen molar-refractivity contribution >= 4 is 17.5 Å². The van der Waals surface area contributed by atoms with Crippen LogP contribution in [-0.2, 0) is 16.1 Å². The van der Waals surface area contributed by atoms with E-state index in [1.165, 1.54) is 5.01 Å². The summed E-state index contributed by atoms with van der Waals surface area (Å²) in [4.78, 5) is 31.4. The molecule has 2 aliphatic heterocycles. The van der Waals surface area contributed by atoms with Crippen molar-refractivity contribution in [2.45, 2.75) is 25.6 Å². The highest BCUT2D eigenvalue weighted by Crippen LogP contribution is 2.33. The maximum absolute atomic E-state index is 13.1. The molecule has 2 aliphatic rings. The highest BCUT2D eigenvalue weighted by Gasteiger charge is 2.55. The summed E-state index contributed by atoms with van der Waals surface area (Å²) in [7, 11) is 1.55. The maximum Gasteiger partial charge on any atom is 0.263 e. The second-order valence-corrected chi connectivity index (χ2v) is 7.28. The summed E-state index contributed by atoms with van der Waals surface area (Å²) in [6.07, 6.45) is 0. The molecule has 0 N–H and O–H groups in total. The van der Waals surface area contributed by atoms with Crippen molar-refractivity contribution in [1.82, 2.24) is 15.1 Å². The summed E-state index contributed by atoms with van der Waals surface area (Å²) in [6.45, 7) is 2.05. The molecule has 2 amide bonds. The Hall–Kier alpha value is -4.08. The Bertz CT molecular complexity index is 1190. The third-order valence-electron chi connectivity index (χ3n) is 5.23. The molecule has 1 aromatic heterocycles. The van der Waals surface area contributed by atoms with E-state index in [2.05, 4.69) is 20.5 Å². The van der Waals surface area contributed by atoms with E-state index < -0.39 is 23.9 Å². The largest absolute Gasteiger partial charge is 0.497 e. The average Bonchev–Trinajstić information content (AvgIpc) is 3.47. The van der Waals surface area contributed by atoms with Crippen LogP contribution in [0.5, 0.6) is 5.75 Å². The maximum atomic E-state index is 13.1. The zero-order chi connectivity index (χ0) is 21.5. The Kier molecular flexibility index (Phi) is 4.46. The lowest BCUT2D eigenvalue weighted by Gasteiger charge is -2.19. The van der Waals surface area contributed by atoms with Gasteiger partial charge in [-0.2, -0.15) is 10.1 Å². The molecular formula is C21H18N6O4. The SMILES string of the molecule is COc1ccc(N2C(=O)[C@@H]3[C@@H](N=NN3Cc3nc(-c4cccc(C)c4)no3)C2=O)cc1. The number of hydrogen-bond acceptors (Lipinski definition) is 9. The van der Waals surface area contributed by atoms with Gasteiger partial charge in [-0.1, -0.05) is 34.1 Å². The molecule has 1 fully saturated rings. The summed E-state index contributed by atoms with van der Waals surface area (Å²) in [5, 5.41) is 13.5. The molecule has 10 heteroatoms. The first-order chi connectivity index (χ1) is 15.0. The molecule has 5 rings (SSSR count). The molecule has 0 unspecified atom stereocenters. The summed E-state index contributed by atoms with van der Waals surface area (Å²) >= 11 is 0. The van der Waals surface area contributed by atoms with Gasteiger partial charge >= 0.3 is 0 Å². The fraction of sp³-hybridized carbons (Fsp3) is 0.238. The number of hydrogen-bond donors (Lipinski definition) is 0. The number of carbonyl (C=O) groups is 2. The Balaban J connectivity index is 1.35. The number of aryl methyl sites for hydroxylation is 1. The van der Waals surface area contributed by atoms with Crippen LogP contribution in [-0.4, -0.2) is 46.2 Å². The Morgan fingerprint density at radius 2 is 1.90 bits per heavy atom. The van der Waals surface area contributed by atoms with Crippen LogP contribution in [0.25, 0.3) is 11.4 Å². The Morgan fingerprint density at radius 1 is 1.10 bits per heavy atom. The van der Waals surface area contributed by atoms with Crippen molar-refractivity contribution in [3.05, 3.63) is 60.0 Å². The smallest absolute Gasteiger partial charge is 0.263 e. The first kappa shape index (κ1) is 18.9. The lowest BCUT2D eigenvalue weighted by molar-refractivity contribution is -0.123. The molecule has 0 aliphatic carbocycles. The van der Waals surface area contributed by atoms with Crippen LogP contribution >= 0.6 is 0 Å². The van der Waals surface area contributed by atoms with Gasteiger partial charge in [0.25, 0.3) is 11.8 Å². The van der Waals surface area contributed by atoms with Gasteiger partial charge in [0, 0.05) is 5.56 Å². The van der Waals surface area contributed by atoms with Gasteiger partial charge in [0.2, 0.25) is 11.7 Å². The first-order valence-corrected chi connectivity index (χ1v) is 9.64. The van der Waals surface area contributed by atoms with Gasteiger partial charge in [-0.05, 0) is 37.3 Å². The lowest BCUT2D eigenvalue weighted by Crippen LogP contribution is -2.39. The van der Waals surface area contributed by atoms with Crippen molar-refractivity contribution in [1.29, 1.82) is 0 Å². The third kappa shape index (κ3) is 3.21. The predicted molar refractivity (Wildman–Crippen MR) is 108 cm³/mol. The van der Waals surface area contributed by atoms with E-state index in [1.54, 1.807) is 31.4 Å². The molecule has 2 atom stereocenters. The van der Waals surface area contributed by atoms with Gasteiger partial charge in [-0.3, -0.25) is 14.6 Å². The van der Waals surface area contributed by atoms with Crippen LogP contribution in [0.15, 0.2) is 63.4 Å². The van der Waals surface area contributed by atoms with Crippen molar-refractivity contribution in [3.63, 3.8) is 0 Å². The zero-order valence-electron chi connectivity index (χ0n) is 16.8. The lowest BCUT2D eigenvalue weighted by atomic mass is 10.1. The van der Waals surface area contributed by atoms with Crippen molar-refractivity contribution in [2.75, 3.05) is 12.0 Å². The second-order valence-electron chi connectivity index (χ2n) is 7.28.